The van der Waals surface area contributed by atoms with Gasteiger partial charge in [-0.15, -0.1) is 0 Å². The van der Waals surface area contributed by atoms with Crippen molar-refractivity contribution in [2.75, 3.05) is 13.2 Å². The van der Waals surface area contributed by atoms with Gasteiger partial charge in [0, 0.05) is 12.1 Å². The van der Waals surface area contributed by atoms with Crippen molar-refractivity contribution in [1.82, 2.24) is 9.97 Å². The highest BCUT2D eigenvalue weighted by atomic mass is 16.5. The zero-order valence-electron chi connectivity index (χ0n) is 20.3. The standard InChI is InChI=1S/C14H12N2O2.C14H13NO4/c1-2-17-13-8-11(9-15)16-10-14(13)18-12-6-4-3-5-7-12;1-2-18-12-8-11(14(16)17)15-9-13(12)19-10-6-4-3-5-7-10/h3-8,10H,2H2,1H3;3-9H,2H2,1H3,(H,16,17). The van der Waals surface area contributed by atoms with E-state index in [1.165, 1.54) is 18.5 Å². The van der Waals surface area contributed by atoms with E-state index in [4.69, 9.17) is 29.3 Å². The van der Waals surface area contributed by atoms with Gasteiger partial charge in [0.25, 0.3) is 0 Å². The summed E-state index contributed by atoms with van der Waals surface area (Å²) in [4.78, 5) is 18.7. The normalized spacial score (nSPS) is 9.76. The number of ether oxygens (including phenoxy) is 4. The molecular formula is C28H25N3O6. The summed E-state index contributed by atoms with van der Waals surface area (Å²) >= 11 is 0. The minimum atomic E-state index is -1.10. The largest absolute Gasteiger partial charge is 0.490 e. The van der Waals surface area contributed by atoms with Crippen LogP contribution in [0.25, 0.3) is 0 Å². The molecule has 0 aliphatic rings. The Kier molecular flexibility index (Phi) is 9.82. The second-order valence-electron chi connectivity index (χ2n) is 7.15. The minimum Gasteiger partial charge on any atom is -0.490 e. The van der Waals surface area contributed by atoms with Gasteiger partial charge in [-0.25, -0.2) is 14.8 Å². The lowest BCUT2D eigenvalue weighted by Crippen LogP contribution is -2.03. The number of carbonyl (C=O) groups is 1. The maximum Gasteiger partial charge on any atom is 0.354 e. The quantitative estimate of drug-likeness (QED) is 0.290. The highest BCUT2D eigenvalue weighted by Crippen LogP contribution is 2.32. The topological polar surface area (TPSA) is 124 Å². The Hall–Kier alpha value is -5.10. The number of aromatic carboxylic acids is 1. The molecule has 0 spiro atoms. The molecule has 0 atom stereocenters. The molecule has 0 aliphatic heterocycles. The van der Waals surface area contributed by atoms with Crippen LogP contribution in [0, 0.1) is 11.3 Å². The third-order valence-corrected chi connectivity index (χ3v) is 4.54. The molecule has 0 fully saturated rings. The van der Waals surface area contributed by atoms with Crippen molar-refractivity contribution in [3.63, 3.8) is 0 Å². The molecule has 2 heterocycles. The van der Waals surface area contributed by atoms with E-state index in [2.05, 4.69) is 9.97 Å². The Labute approximate surface area is 214 Å². The Morgan fingerprint density at radius 1 is 0.784 bits per heavy atom. The van der Waals surface area contributed by atoms with Crippen LogP contribution >= 0.6 is 0 Å². The summed E-state index contributed by atoms with van der Waals surface area (Å²) in [6, 6.07) is 23.4. The maximum atomic E-state index is 10.9. The summed E-state index contributed by atoms with van der Waals surface area (Å²) in [7, 11) is 0. The Bertz CT molecular complexity index is 1340. The number of para-hydroxylation sites is 2. The van der Waals surface area contributed by atoms with Crippen LogP contribution in [0.15, 0.2) is 85.2 Å². The number of nitriles is 1. The van der Waals surface area contributed by atoms with Gasteiger partial charge >= 0.3 is 5.97 Å². The lowest BCUT2D eigenvalue weighted by Gasteiger charge is -2.11. The van der Waals surface area contributed by atoms with Gasteiger partial charge in [-0.3, -0.25) is 0 Å². The predicted molar refractivity (Wildman–Crippen MR) is 136 cm³/mol. The molecule has 0 radical (unpaired) electrons. The first-order valence-electron chi connectivity index (χ1n) is 11.4. The van der Waals surface area contributed by atoms with Crippen molar-refractivity contribution in [3.8, 4) is 40.6 Å². The third-order valence-electron chi connectivity index (χ3n) is 4.54. The molecule has 4 rings (SSSR count). The monoisotopic (exact) mass is 499 g/mol. The van der Waals surface area contributed by atoms with E-state index in [1.54, 1.807) is 18.2 Å². The van der Waals surface area contributed by atoms with E-state index in [-0.39, 0.29) is 5.69 Å². The highest BCUT2D eigenvalue weighted by molar-refractivity contribution is 5.86. The van der Waals surface area contributed by atoms with Gasteiger partial charge in [0.05, 0.1) is 25.6 Å². The first kappa shape index (κ1) is 26.5. The van der Waals surface area contributed by atoms with E-state index in [1.807, 2.05) is 68.4 Å². The van der Waals surface area contributed by atoms with Crippen LogP contribution in [0.1, 0.15) is 30.0 Å². The molecule has 0 unspecified atom stereocenters. The number of hydrogen-bond acceptors (Lipinski definition) is 8. The van der Waals surface area contributed by atoms with Gasteiger partial charge in [-0.05, 0) is 38.1 Å². The van der Waals surface area contributed by atoms with E-state index < -0.39 is 5.97 Å². The lowest BCUT2D eigenvalue weighted by molar-refractivity contribution is 0.0689. The fourth-order valence-electron chi connectivity index (χ4n) is 2.95. The zero-order chi connectivity index (χ0) is 26.5. The fourth-order valence-corrected chi connectivity index (χ4v) is 2.95. The van der Waals surface area contributed by atoms with Crippen molar-refractivity contribution in [2.24, 2.45) is 0 Å². The molecule has 9 heteroatoms. The number of pyridine rings is 2. The maximum absolute atomic E-state index is 10.9. The van der Waals surface area contributed by atoms with Crippen LogP contribution in [0.5, 0.6) is 34.5 Å². The van der Waals surface area contributed by atoms with Crippen LogP contribution in [0.4, 0.5) is 0 Å². The van der Waals surface area contributed by atoms with Gasteiger partial charge in [-0.2, -0.15) is 5.26 Å². The molecule has 4 aromatic rings. The summed E-state index contributed by atoms with van der Waals surface area (Å²) in [5.74, 6) is 2.00. The Balaban J connectivity index is 0.000000206. The van der Waals surface area contributed by atoms with Gasteiger partial charge in [0.1, 0.15) is 23.3 Å². The predicted octanol–water partition coefficient (Wildman–Crippen LogP) is 6.12. The van der Waals surface area contributed by atoms with Gasteiger partial charge < -0.3 is 24.1 Å². The Morgan fingerprint density at radius 3 is 1.73 bits per heavy atom. The summed E-state index contributed by atoms with van der Waals surface area (Å²) in [5.41, 5.74) is 0.225. The first-order valence-corrected chi connectivity index (χ1v) is 11.4. The van der Waals surface area contributed by atoms with E-state index in [0.717, 1.165) is 0 Å². The van der Waals surface area contributed by atoms with Crippen LogP contribution < -0.4 is 18.9 Å². The molecule has 0 saturated heterocycles. The van der Waals surface area contributed by atoms with E-state index >= 15 is 0 Å². The number of carboxylic acids is 1. The molecule has 2 aromatic heterocycles. The van der Waals surface area contributed by atoms with Crippen molar-refractivity contribution in [2.45, 2.75) is 13.8 Å². The minimum absolute atomic E-state index is 0.0798. The summed E-state index contributed by atoms with van der Waals surface area (Å²) < 4.78 is 22.1. The SMILES string of the molecule is CCOc1cc(C#N)ncc1Oc1ccccc1.CCOc1cc(C(=O)O)ncc1Oc1ccccc1. The number of aromatic nitrogens is 2. The molecule has 9 nitrogen and oxygen atoms in total. The van der Waals surface area contributed by atoms with Crippen molar-refractivity contribution in [3.05, 3.63) is 96.6 Å². The van der Waals surface area contributed by atoms with Crippen LogP contribution in [-0.2, 0) is 0 Å². The van der Waals surface area contributed by atoms with Crippen LogP contribution in [-0.4, -0.2) is 34.3 Å². The summed E-state index contributed by atoms with van der Waals surface area (Å²) in [5, 5.41) is 17.7. The van der Waals surface area contributed by atoms with Gasteiger partial charge in [0.2, 0.25) is 0 Å². The van der Waals surface area contributed by atoms with Crippen LogP contribution in [0.3, 0.4) is 0 Å². The number of nitrogens with zero attached hydrogens (tertiary/aromatic N) is 3. The van der Waals surface area contributed by atoms with Crippen molar-refractivity contribution >= 4 is 5.97 Å². The van der Waals surface area contributed by atoms with E-state index in [9.17, 15) is 4.79 Å². The number of benzene rings is 2. The average molecular weight is 500 g/mol. The highest BCUT2D eigenvalue weighted by Gasteiger charge is 2.13. The number of rotatable bonds is 9. The molecule has 37 heavy (non-hydrogen) atoms. The zero-order valence-corrected chi connectivity index (χ0v) is 20.3. The lowest BCUT2D eigenvalue weighted by atomic mass is 10.3. The van der Waals surface area contributed by atoms with Crippen molar-refractivity contribution < 1.29 is 28.8 Å². The molecule has 0 bridgehead atoms. The third kappa shape index (κ3) is 7.97. The van der Waals surface area contributed by atoms with Crippen LogP contribution in [0.2, 0.25) is 0 Å². The molecule has 0 amide bonds. The molecule has 2 aromatic carbocycles. The molecular weight excluding hydrogens is 474 g/mol. The second-order valence-corrected chi connectivity index (χ2v) is 7.15. The summed E-state index contributed by atoms with van der Waals surface area (Å²) in [6.45, 7) is 4.60. The summed E-state index contributed by atoms with van der Waals surface area (Å²) in [6.07, 6.45) is 2.85. The van der Waals surface area contributed by atoms with Gasteiger partial charge in [0.15, 0.2) is 28.7 Å². The second kappa shape index (κ2) is 13.7. The molecule has 0 aliphatic carbocycles. The Morgan fingerprint density at radius 2 is 1.27 bits per heavy atom. The smallest absolute Gasteiger partial charge is 0.354 e. The average Bonchev–Trinajstić information content (AvgIpc) is 2.92. The fraction of sp³-hybridized carbons (Fsp3) is 0.143. The number of carboxylic acid groups (broad SMARTS) is 1. The molecule has 0 saturated carbocycles. The van der Waals surface area contributed by atoms with E-state index in [0.29, 0.717) is 53.4 Å². The molecule has 1 N–H and O–H groups in total. The first-order chi connectivity index (χ1) is 18.0. The molecule has 188 valence electrons. The van der Waals surface area contributed by atoms with Gasteiger partial charge in [-0.1, -0.05) is 36.4 Å². The number of hydrogen-bond donors (Lipinski definition) is 1. The van der Waals surface area contributed by atoms with Crippen molar-refractivity contribution in [1.29, 1.82) is 5.26 Å².